The molecule has 2 rings (SSSR count). The van der Waals surface area contributed by atoms with Gasteiger partial charge in [-0.3, -0.25) is 4.79 Å². The summed E-state index contributed by atoms with van der Waals surface area (Å²) >= 11 is 1.13. The van der Waals surface area contributed by atoms with E-state index in [1.165, 1.54) is 0 Å². The van der Waals surface area contributed by atoms with Crippen LogP contribution in [0, 0.1) is 11.3 Å². The summed E-state index contributed by atoms with van der Waals surface area (Å²) in [5.74, 6) is -0.294. The van der Waals surface area contributed by atoms with Gasteiger partial charge in [-0.05, 0) is 24.4 Å². The maximum Gasteiger partial charge on any atom is 0.273 e. The summed E-state index contributed by atoms with van der Waals surface area (Å²) in [6.07, 6.45) is 4.57. The van der Waals surface area contributed by atoms with Crippen molar-refractivity contribution in [1.29, 1.82) is 5.26 Å². The molecule has 1 N–H and O–H groups in total. The molecule has 0 radical (unpaired) electrons. The summed E-state index contributed by atoms with van der Waals surface area (Å²) in [7, 11) is 0. The largest absolute Gasteiger partial charge is 0.332 e. The lowest BCUT2D eigenvalue weighted by Crippen LogP contribution is -2.48. The number of amides is 1. The van der Waals surface area contributed by atoms with Gasteiger partial charge in [0, 0.05) is 5.38 Å². The lowest BCUT2D eigenvalue weighted by Gasteiger charge is -2.31. The molecule has 1 saturated carbocycles. The van der Waals surface area contributed by atoms with Crippen LogP contribution in [0.5, 0.6) is 0 Å². The van der Waals surface area contributed by atoms with Crippen LogP contribution in [0.1, 0.15) is 42.6 Å². The standard InChI is InChI=1S/C10H12N4OS/c11-7-10(4-2-1-3-5-10)12-9(15)8-6-16-14-13-8/h6H,1-5H2,(H,12,15). The number of carbonyl (C=O) groups excluding carboxylic acids is 1. The summed E-state index contributed by atoms with van der Waals surface area (Å²) in [6, 6.07) is 2.23. The van der Waals surface area contributed by atoms with Gasteiger partial charge in [-0.1, -0.05) is 23.8 Å². The minimum atomic E-state index is -0.695. The molecule has 84 valence electrons. The highest BCUT2D eigenvalue weighted by molar-refractivity contribution is 7.03. The molecule has 16 heavy (non-hydrogen) atoms. The van der Waals surface area contributed by atoms with Crippen LogP contribution in [0.3, 0.4) is 0 Å². The molecule has 0 aromatic carbocycles. The van der Waals surface area contributed by atoms with Crippen LogP contribution in [-0.4, -0.2) is 21.0 Å². The molecule has 0 spiro atoms. The van der Waals surface area contributed by atoms with Crippen LogP contribution in [0.2, 0.25) is 0 Å². The first-order chi connectivity index (χ1) is 7.76. The maximum absolute atomic E-state index is 11.8. The molecule has 1 amide bonds. The van der Waals surface area contributed by atoms with Crippen LogP contribution in [0.15, 0.2) is 5.38 Å². The minimum absolute atomic E-state index is 0.294. The van der Waals surface area contributed by atoms with Gasteiger partial charge in [0.05, 0.1) is 6.07 Å². The van der Waals surface area contributed by atoms with Crippen molar-refractivity contribution in [2.24, 2.45) is 0 Å². The third-order valence-electron chi connectivity index (χ3n) is 2.87. The highest BCUT2D eigenvalue weighted by Gasteiger charge is 2.34. The zero-order valence-corrected chi connectivity index (χ0v) is 9.59. The van der Waals surface area contributed by atoms with Crippen molar-refractivity contribution in [1.82, 2.24) is 14.9 Å². The van der Waals surface area contributed by atoms with E-state index in [9.17, 15) is 10.1 Å². The molecule has 0 aliphatic heterocycles. The first-order valence-corrected chi connectivity index (χ1v) is 6.10. The predicted octanol–water partition coefficient (Wildman–Crippen LogP) is 1.49. The zero-order chi connectivity index (χ0) is 11.4. The number of hydrogen-bond acceptors (Lipinski definition) is 5. The quantitative estimate of drug-likeness (QED) is 0.843. The monoisotopic (exact) mass is 236 g/mol. The van der Waals surface area contributed by atoms with E-state index in [0.29, 0.717) is 5.69 Å². The van der Waals surface area contributed by atoms with Crippen molar-refractivity contribution in [3.8, 4) is 6.07 Å². The van der Waals surface area contributed by atoms with Gasteiger partial charge in [0.25, 0.3) is 5.91 Å². The Kier molecular flexibility index (Phi) is 3.15. The number of carbonyl (C=O) groups is 1. The van der Waals surface area contributed by atoms with E-state index in [-0.39, 0.29) is 5.91 Å². The van der Waals surface area contributed by atoms with E-state index in [1.54, 1.807) is 5.38 Å². The number of hydrogen-bond donors (Lipinski definition) is 1. The third-order valence-corrected chi connectivity index (χ3v) is 3.37. The number of nitrogens with zero attached hydrogens (tertiary/aromatic N) is 3. The van der Waals surface area contributed by atoms with Crippen LogP contribution < -0.4 is 5.32 Å². The molecule has 5 nitrogen and oxygen atoms in total. The Bertz CT molecular complexity index is 403. The molecule has 1 aromatic rings. The van der Waals surface area contributed by atoms with Crippen molar-refractivity contribution >= 4 is 17.4 Å². The summed E-state index contributed by atoms with van der Waals surface area (Å²) in [4.78, 5) is 11.8. The second kappa shape index (κ2) is 4.58. The Morgan fingerprint density at radius 1 is 1.50 bits per heavy atom. The highest BCUT2D eigenvalue weighted by atomic mass is 32.1. The van der Waals surface area contributed by atoms with Crippen LogP contribution in [0.4, 0.5) is 0 Å². The van der Waals surface area contributed by atoms with E-state index in [2.05, 4.69) is 21.0 Å². The SMILES string of the molecule is N#CC1(NC(=O)c2csnn2)CCCCC1. The number of aromatic nitrogens is 2. The van der Waals surface area contributed by atoms with Gasteiger partial charge >= 0.3 is 0 Å². The molecule has 1 aliphatic carbocycles. The van der Waals surface area contributed by atoms with Crippen LogP contribution in [-0.2, 0) is 0 Å². The summed E-state index contributed by atoms with van der Waals surface area (Å²) in [5.41, 5.74) is -0.399. The van der Waals surface area contributed by atoms with Crippen molar-refractivity contribution in [2.75, 3.05) is 0 Å². The number of nitriles is 1. The predicted molar refractivity (Wildman–Crippen MR) is 58.8 cm³/mol. The Hall–Kier alpha value is -1.48. The van der Waals surface area contributed by atoms with Crippen LogP contribution >= 0.6 is 11.5 Å². The molecule has 0 bridgehead atoms. The molecular formula is C10H12N4OS. The first kappa shape index (κ1) is 11.0. The van der Waals surface area contributed by atoms with E-state index >= 15 is 0 Å². The van der Waals surface area contributed by atoms with Gasteiger partial charge in [0.1, 0.15) is 5.54 Å². The smallest absolute Gasteiger partial charge is 0.273 e. The average Bonchev–Trinajstić information content (AvgIpc) is 2.84. The van der Waals surface area contributed by atoms with E-state index in [0.717, 1.165) is 43.6 Å². The molecule has 0 saturated heterocycles. The molecule has 1 fully saturated rings. The molecule has 1 heterocycles. The normalized spacial score (nSPS) is 18.7. The average molecular weight is 236 g/mol. The Balaban J connectivity index is 2.07. The summed E-state index contributed by atoms with van der Waals surface area (Å²) in [5, 5.41) is 17.3. The van der Waals surface area contributed by atoms with Gasteiger partial charge in [0.15, 0.2) is 5.69 Å². The molecular weight excluding hydrogens is 224 g/mol. The highest BCUT2D eigenvalue weighted by Crippen LogP contribution is 2.27. The van der Waals surface area contributed by atoms with Crippen molar-refractivity contribution in [2.45, 2.75) is 37.6 Å². The number of nitrogens with one attached hydrogen (secondary N) is 1. The van der Waals surface area contributed by atoms with E-state index in [1.807, 2.05) is 0 Å². The molecule has 0 unspecified atom stereocenters. The fourth-order valence-corrected chi connectivity index (χ4v) is 2.40. The lowest BCUT2D eigenvalue weighted by molar-refractivity contribution is 0.0897. The molecule has 6 heteroatoms. The van der Waals surface area contributed by atoms with Gasteiger partial charge in [0.2, 0.25) is 0 Å². The van der Waals surface area contributed by atoms with Crippen molar-refractivity contribution in [3.63, 3.8) is 0 Å². The van der Waals surface area contributed by atoms with E-state index in [4.69, 9.17) is 0 Å². The second-order valence-electron chi connectivity index (χ2n) is 4.00. The Morgan fingerprint density at radius 3 is 2.81 bits per heavy atom. The molecule has 1 aromatic heterocycles. The van der Waals surface area contributed by atoms with Gasteiger partial charge in [-0.15, -0.1) is 5.10 Å². The van der Waals surface area contributed by atoms with Gasteiger partial charge in [-0.25, -0.2) is 0 Å². The molecule has 1 aliphatic rings. The fourth-order valence-electron chi connectivity index (χ4n) is 1.96. The topological polar surface area (TPSA) is 78.7 Å². The first-order valence-electron chi connectivity index (χ1n) is 5.27. The van der Waals surface area contributed by atoms with Crippen molar-refractivity contribution in [3.05, 3.63) is 11.1 Å². The lowest BCUT2D eigenvalue weighted by atomic mass is 9.83. The third kappa shape index (κ3) is 2.19. The Morgan fingerprint density at radius 2 is 2.25 bits per heavy atom. The maximum atomic E-state index is 11.8. The van der Waals surface area contributed by atoms with Crippen LogP contribution in [0.25, 0.3) is 0 Å². The summed E-state index contributed by atoms with van der Waals surface area (Å²) in [6.45, 7) is 0. The number of rotatable bonds is 2. The summed E-state index contributed by atoms with van der Waals surface area (Å²) < 4.78 is 3.63. The van der Waals surface area contributed by atoms with E-state index < -0.39 is 5.54 Å². The van der Waals surface area contributed by atoms with Crippen molar-refractivity contribution < 1.29 is 4.79 Å². The van der Waals surface area contributed by atoms with Gasteiger partial charge < -0.3 is 5.32 Å². The Labute approximate surface area is 97.6 Å². The minimum Gasteiger partial charge on any atom is -0.332 e. The fraction of sp³-hybridized carbons (Fsp3) is 0.600. The van der Waals surface area contributed by atoms with Gasteiger partial charge in [-0.2, -0.15) is 5.26 Å². The molecule has 0 atom stereocenters. The second-order valence-corrected chi connectivity index (χ2v) is 4.61. The zero-order valence-electron chi connectivity index (χ0n) is 8.77.